The molecule has 13 nitrogen and oxygen atoms in total. The van der Waals surface area contributed by atoms with Gasteiger partial charge < -0.3 is 28.8 Å². The Kier molecular flexibility index (Phi) is 11.8. The third kappa shape index (κ3) is 8.31. The number of nitrogens with zero attached hydrogens (tertiary/aromatic N) is 4. The Morgan fingerprint density at radius 1 is 1.17 bits per heavy atom. The highest BCUT2D eigenvalue weighted by Gasteiger charge is 2.49. The molecule has 6 heterocycles. The van der Waals surface area contributed by atoms with E-state index in [-0.39, 0.29) is 54.8 Å². The van der Waals surface area contributed by atoms with E-state index >= 15 is 0 Å². The van der Waals surface area contributed by atoms with E-state index in [0.717, 1.165) is 56.1 Å². The highest BCUT2D eigenvalue weighted by atomic mass is 32.1. The fraction of sp³-hybridized carbons (Fsp3) is 0.568. The minimum Gasteiger partial charge on any atom is -0.464 e. The predicted octanol–water partition coefficient (Wildman–Crippen LogP) is 5.89. The average Bonchev–Trinajstić information content (AvgIpc) is 3.71. The number of rotatable bonds is 9. The maximum absolute atomic E-state index is 14.2. The fourth-order valence-corrected chi connectivity index (χ4v) is 9.68. The number of cyclic esters (lactones) is 1. The van der Waals surface area contributed by atoms with Crippen molar-refractivity contribution < 1.29 is 33.3 Å². The van der Waals surface area contributed by atoms with Gasteiger partial charge in [-0.1, -0.05) is 33.8 Å². The van der Waals surface area contributed by atoms with Crippen LogP contribution in [0.1, 0.15) is 76.3 Å². The minimum atomic E-state index is -0.849. The number of nitrogens with one attached hydrogen (secondary N) is 2. The van der Waals surface area contributed by atoms with Gasteiger partial charge in [0.25, 0.3) is 5.91 Å². The van der Waals surface area contributed by atoms with Gasteiger partial charge in [0.1, 0.15) is 12.1 Å². The molecule has 4 aromatic rings. The van der Waals surface area contributed by atoms with Crippen LogP contribution in [-0.2, 0) is 52.7 Å². The number of methoxy groups -OCH3 is 1. The normalized spacial score (nSPS) is 26.6. The summed E-state index contributed by atoms with van der Waals surface area (Å²) < 4.78 is 26.3. The van der Waals surface area contributed by atoms with Crippen LogP contribution >= 0.6 is 11.3 Å². The third-order valence-electron chi connectivity index (χ3n) is 12.5. The molecule has 1 saturated carbocycles. The number of benzene rings is 1. The Balaban J connectivity index is 1.24. The van der Waals surface area contributed by atoms with Gasteiger partial charge in [0, 0.05) is 78.2 Å². The van der Waals surface area contributed by atoms with Crippen molar-refractivity contribution in [3.05, 3.63) is 58.2 Å². The van der Waals surface area contributed by atoms with Crippen LogP contribution in [0.4, 0.5) is 0 Å². The van der Waals surface area contributed by atoms with Crippen molar-refractivity contribution in [3.8, 4) is 22.5 Å². The molecule has 4 aliphatic rings. The number of amides is 2. The van der Waals surface area contributed by atoms with Crippen LogP contribution in [0.2, 0.25) is 0 Å². The van der Waals surface area contributed by atoms with Crippen molar-refractivity contribution in [1.29, 1.82) is 0 Å². The van der Waals surface area contributed by atoms with E-state index < -0.39 is 23.5 Å². The second kappa shape index (κ2) is 16.8. The number of ether oxygens (including phenoxy) is 4. The number of hydrogen-bond acceptors (Lipinski definition) is 11. The Morgan fingerprint density at radius 3 is 2.76 bits per heavy atom. The molecule has 58 heavy (non-hydrogen) atoms. The summed E-state index contributed by atoms with van der Waals surface area (Å²) in [6, 6.07) is 8.99. The van der Waals surface area contributed by atoms with Gasteiger partial charge in [0.15, 0.2) is 0 Å². The van der Waals surface area contributed by atoms with Crippen molar-refractivity contribution in [1.82, 2.24) is 30.3 Å². The molecule has 2 amide bonds. The number of hydrazine groups is 1. The molecular formula is C44H56N6O7S. The maximum Gasteiger partial charge on any atom is 0.324 e. The zero-order valence-corrected chi connectivity index (χ0v) is 35.2. The lowest BCUT2D eigenvalue weighted by molar-refractivity contribution is -0.155. The molecule has 3 fully saturated rings. The third-order valence-corrected chi connectivity index (χ3v) is 13.4. The molecular weight excluding hydrogens is 757 g/mol. The van der Waals surface area contributed by atoms with E-state index in [9.17, 15) is 14.4 Å². The standard InChI is InChI=1S/C44H56N6O7S/c1-25-26(2)38(25)41(51)47-34-20-37-46-35(23-58-37)28-11-12-36-31(19-28)32(21-44(4,5)24-57-43(53)33-10-8-15-50(48-33)42(34)52)40(30-9-7-14-45-39(30)27(3)54-6)49(36)16-18-56-29-13-17-55-22-29/h7,9,11-12,14,19,23,25-27,29,33-34,38,48H,8,10,13,15-18,20-22,24H2,1-6H3,(H,47,51)/t25-,26+,27-,29+,33-,34-,38?/m0/s1. The maximum atomic E-state index is 14.2. The van der Waals surface area contributed by atoms with Gasteiger partial charge >= 0.3 is 5.97 Å². The summed E-state index contributed by atoms with van der Waals surface area (Å²) in [5, 5.41) is 8.39. The first-order chi connectivity index (χ1) is 27.9. The van der Waals surface area contributed by atoms with E-state index in [2.05, 4.69) is 67.3 Å². The second-order valence-corrected chi connectivity index (χ2v) is 18.2. The summed E-state index contributed by atoms with van der Waals surface area (Å²) in [7, 11) is 1.70. The van der Waals surface area contributed by atoms with Crippen LogP contribution in [0.15, 0.2) is 41.9 Å². The Hall–Kier alpha value is -4.21. The molecule has 8 rings (SSSR count). The van der Waals surface area contributed by atoms with E-state index in [0.29, 0.717) is 52.2 Å². The zero-order chi connectivity index (χ0) is 40.7. The number of thiazole rings is 1. The molecule has 310 valence electrons. The Morgan fingerprint density at radius 2 is 2.00 bits per heavy atom. The molecule has 1 unspecified atom stereocenters. The molecule has 2 saturated heterocycles. The second-order valence-electron chi connectivity index (χ2n) is 17.3. The van der Waals surface area contributed by atoms with Gasteiger partial charge in [-0.15, -0.1) is 11.3 Å². The zero-order valence-electron chi connectivity index (χ0n) is 34.4. The largest absolute Gasteiger partial charge is 0.464 e. The van der Waals surface area contributed by atoms with E-state index in [1.807, 2.05) is 18.4 Å². The van der Waals surface area contributed by atoms with Gasteiger partial charge in [-0.3, -0.25) is 24.4 Å². The van der Waals surface area contributed by atoms with Crippen LogP contribution in [0.25, 0.3) is 33.4 Å². The number of esters is 1. The molecule has 0 radical (unpaired) electrons. The lowest BCUT2D eigenvalue weighted by atomic mass is 9.84. The number of carbonyl (C=O) groups excluding carboxylic acids is 3. The number of hydrogen-bond donors (Lipinski definition) is 2. The Labute approximate surface area is 344 Å². The van der Waals surface area contributed by atoms with Gasteiger partial charge in [-0.05, 0) is 74.3 Å². The monoisotopic (exact) mass is 812 g/mol. The van der Waals surface area contributed by atoms with Crippen molar-refractivity contribution in [3.63, 3.8) is 0 Å². The van der Waals surface area contributed by atoms with Crippen LogP contribution in [-0.4, -0.2) is 95.6 Å². The topological polar surface area (TPSA) is 146 Å². The van der Waals surface area contributed by atoms with Gasteiger partial charge in [0.05, 0.1) is 54.1 Å². The molecule has 3 aromatic heterocycles. The molecule has 7 atom stereocenters. The number of aromatic nitrogens is 3. The Bertz CT molecular complexity index is 2150. The average molecular weight is 813 g/mol. The van der Waals surface area contributed by atoms with Crippen LogP contribution < -0.4 is 10.7 Å². The molecule has 1 aromatic carbocycles. The summed E-state index contributed by atoms with van der Waals surface area (Å²) >= 11 is 1.48. The lowest BCUT2D eigenvalue weighted by Gasteiger charge is -2.35. The fourth-order valence-electron chi connectivity index (χ4n) is 8.83. The van der Waals surface area contributed by atoms with Crippen LogP contribution in [0.5, 0.6) is 0 Å². The van der Waals surface area contributed by atoms with E-state index in [1.165, 1.54) is 16.3 Å². The first-order valence-corrected chi connectivity index (χ1v) is 21.6. The first-order valence-electron chi connectivity index (χ1n) is 20.7. The van der Waals surface area contributed by atoms with E-state index in [4.69, 9.17) is 28.9 Å². The van der Waals surface area contributed by atoms with Gasteiger partial charge in [-0.2, -0.15) is 0 Å². The number of carbonyl (C=O) groups is 3. The molecule has 0 spiro atoms. The van der Waals surface area contributed by atoms with Crippen molar-refractivity contribution in [2.45, 2.75) is 97.6 Å². The molecule has 3 aliphatic heterocycles. The van der Waals surface area contributed by atoms with Crippen molar-refractivity contribution >= 4 is 40.0 Å². The lowest BCUT2D eigenvalue weighted by Crippen LogP contribution is -2.60. The van der Waals surface area contributed by atoms with Crippen LogP contribution in [0, 0.1) is 23.2 Å². The van der Waals surface area contributed by atoms with Gasteiger partial charge in [0.2, 0.25) is 5.91 Å². The number of pyridine rings is 1. The summed E-state index contributed by atoms with van der Waals surface area (Å²) in [5.74, 6) is -0.421. The van der Waals surface area contributed by atoms with E-state index in [1.54, 1.807) is 13.3 Å². The molecule has 14 heteroatoms. The minimum absolute atomic E-state index is 0.0668. The van der Waals surface area contributed by atoms with Crippen molar-refractivity contribution in [2.24, 2.45) is 23.2 Å². The summed E-state index contributed by atoms with van der Waals surface area (Å²) in [6.07, 6.45) is 4.45. The molecule has 6 bridgehead atoms. The summed E-state index contributed by atoms with van der Waals surface area (Å²) in [5.41, 5.74) is 9.39. The number of fused-ring (bicyclic) bond motifs is 6. The smallest absolute Gasteiger partial charge is 0.324 e. The molecule has 1 aliphatic carbocycles. The predicted molar refractivity (Wildman–Crippen MR) is 221 cm³/mol. The SMILES string of the molecule is CO[C@@H](C)c1ncccc1-c1c2c3cc(ccc3n1CCO[C@@H]1CCOC1)-c1csc(n1)C[C@H](NC(=O)C1[C@@H](C)[C@H]1C)C(=O)N1CCC[C@H](N1)C(=O)OCC(C)(C)C2. The quantitative estimate of drug-likeness (QED) is 0.196. The first kappa shape index (κ1) is 40.6. The molecule has 2 N–H and O–H groups in total. The van der Waals surface area contributed by atoms with Gasteiger partial charge in [-0.25, -0.2) is 10.4 Å². The highest BCUT2D eigenvalue weighted by molar-refractivity contribution is 7.10. The summed E-state index contributed by atoms with van der Waals surface area (Å²) in [4.78, 5) is 51.3. The summed E-state index contributed by atoms with van der Waals surface area (Å²) in [6.45, 7) is 13.3. The van der Waals surface area contributed by atoms with Crippen molar-refractivity contribution in [2.75, 3.05) is 40.1 Å². The highest BCUT2D eigenvalue weighted by Crippen LogP contribution is 2.46. The van der Waals surface area contributed by atoms with Crippen LogP contribution in [0.3, 0.4) is 0 Å².